The molecule has 0 heterocycles. The quantitative estimate of drug-likeness (QED) is 0.0254. The number of allylic oxidation sites excluding steroid dienone is 8. The number of carbonyl (C=O) groups is 4. The number of nitrogens with zero attached hydrogens (tertiary/aromatic N) is 2. The van der Waals surface area contributed by atoms with Gasteiger partial charge in [0.1, 0.15) is 19.3 Å². The summed E-state index contributed by atoms with van der Waals surface area (Å²) < 4.78 is 22.6. The molecule has 10 heteroatoms. The van der Waals surface area contributed by atoms with E-state index in [-0.39, 0.29) is 57.2 Å². The molecule has 0 aliphatic heterocycles. The van der Waals surface area contributed by atoms with Gasteiger partial charge in [0, 0.05) is 25.8 Å². The lowest BCUT2D eigenvalue weighted by atomic mass is 10.0. The van der Waals surface area contributed by atoms with E-state index in [1.165, 1.54) is 96.3 Å². The van der Waals surface area contributed by atoms with Crippen molar-refractivity contribution in [2.45, 2.75) is 285 Å². The Morgan fingerprint density at radius 1 is 0.378 bits per heavy atom. The molecule has 1 unspecified atom stereocenters. The fourth-order valence-electron chi connectivity index (χ4n) is 8.92. The zero-order chi connectivity index (χ0) is 54.1. The lowest BCUT2D eigenvalue weighted by Crippen LogP contribution is -2.38. The molecule has 0 aromatic rings. The smallest absolute Gasteiger partial charge is 0.464 e. The normalized spacial score (nSPS) is 12.2. The number of rotatable bonds is 55. The van der Waals surface area contributed by atoms with Gasteiger partial charge in [0.05, 0.1) is 19.7 Å². The van der Waals surface area contributed by atoms with E-state index in [2.05, 4.69) is 88.1 Å². The molecule has 10 nitrogen and oxygen atoms in total. The molecule has 1 amide bonds. The van der Waals surface area contributed by atoms with Crippen molar-refractivity contribution in [2.75, 3.05) is 52.5 Å². The van der Waals surface area contributed by atoms with Crippen LogP contribution >= 0.6 is 0 Å². The third-order valence-corrected chi connectivity index (χ3v) is 13.8. The average Bonchev–Trinajstić information content (AvgIpc) is 3.40. The molecule has 0 spiro atoms. The van der Waals surface area contributed by atoms with Crippen molar-refractivity contribution in [3.63, 3.8) is 0 Å². The highest BCUT2D eigenvalue weighted by Crippen LogP contribution is 2.18. The molecule has 0 saturated carbocycles. The van der Waals surface area contributed by atoms with Crippen LogP contribution in [0.2, 0.25) is 0 Å². The van der Waals surface area contributed by atoms with E-state index in [4.69, 9.17) is 18.9 Å². The molecule has 0 aromatic carbocycles. The topological polar surface area (TPSA) is 112 Å². The number of hydrogen-bond acceptors (Lipinski definition) is 9. The van der Waals surface area contributed by atoms with E-state index < -0.39 is 12.3 Å². The number of amides is 1. The van der Waals surface area contributed by atoms with Crippen molar-refractivity contribution < 1.29 is 38.1 Å². The fraction of sp³-hybridized carbons (Fsp3) is 0.812. The maximum absolute atomic E-state index is 13.9. The Hall–Kier alpha value is -3.40. The molecule has 0 fully saturated rings. The first-order chi connectivity index (χ1) is 36.3. The van der Waals surface area contributed by atoms with Crippen LogP contribution in [0.25, 0.3) is 0 Å². The summed E-state index contributed by atoms with van der Waals surface area (Å²) in [4.78, 5) is 56.2. The zero-order valence-corrected chi connectivity index (χ0v) is 48.9. The van der Waals surface area contributed by atoms with E-state index in [9.17, 15) is 19.2 Å². The molecule has 0 radical (unpaired) electrons. The third kappa shape index (κ3) is 50.7. The summed E-state index contributed by atoms with van der Waals surface area (Å²) in [7, 11) is 0. The highest BCUT2D eigenvalue weighted by atomic mass is 16.7. The lowest BCUT2D eigenvalue weighted by Gasteiger charge is -2.24. The Labute approximate surface area is 456 Å². The summed E-state index contributed by atoms with van der Waals surface area (Å²) in [5, 5.41) is 0. The van der Waals surface area contributed by atoms with Crippen LogP contribution in [0.1, 0.15) is 279 Å². The maximum atomic E-state index is 13.9. The third-order valence-electron chi connectivity index (χ3n) is 13.8. The predicted molar refractivity (Wildman–Crippen MR) is 312 cm³/mol. The van der Waals surface area contributed by atoms with Gasteiger partial charge in [0.15, 0.2) is 0 Å². The first kappa shape index (κ1) is 70.6. The Bertz CT molecular complexity index is 1330. The minimum atomic E-state index is -0.682. The van der Waals surface area contributed by atoms with Crippen molar-refractivity contribution in [3.8, 4) is 0 Å². The summed E-state index contributed by atoms with van der Waals surface area (Å²) in [6.45, 7) is 14.6. The van der Waals surface area contributed by atoms with Gasteiger partial charge in [-0.2, -0.15) is 0 Å². The van der Waals surface area contributed by atoms with E-state index >= 15 is 0 Å². The number of unbranched alkanes of at least 4 members (excludes halogenated alkanes) is 25. The molecule has 74 heavy (non-hydrogen) atoms. The first-order valence-electron chi connectivity index (χ1n) is 31.1. The van der Waals surface area contributed by atoms with Crippen molar-refractivity contribution in [1.82, 2.24) is 9.80 Å². The molecule has 0 rings (SSSR count). The Morgan fingerprint density at radius 2 is 0.770 bits per heavy atom. The number of ether oxygens (including phenoxy) is 4. The van der Waals surface area contributed by atoms with E-state index in [1.807, 2.05) is 0 Å². The minimum Gasteiger partial charge on any atom is -0.464 e. The second-order valence-corrected chi connectivity index (χ2v) is 20.5. The Morgan fingerprint density at radius 3 is 1.22 bits per heavy atom. The van der Waals surface area contributed by atoms with Crippen molar-refractivity contribution in [3.05, 3.63) is 48.6 Å². The van der Waals surface area contributed by atoms with Crippen molar-refractivity contribution in [2.24, 2.45) is 0 Å². The molecule has 0 saturated heterocycles. The summed E-state index contributed by atoms with van der Waals surface area (Å²) in [5.41, 5.74) is 0. The van der Waals surface area contributed by atoms with Crippen LogP contribution in [0, 0.1) is 0 Å². The van der Waals surface area contributed by atoms with Gasteiger partial charge in [-0.3, -0.25) is 14.4 Å². The number of esters is 2. The van der Waals surface area contributed by atoms with Crippen LogP contribution in [-0.2, 0) is 33.3 Å². The summed E-state index contributed by atoms with van der Waals surface area (Å²) in [5.74, 6) is -0.663. The van der Waals surface area contributed by atoms with Crippen LogP contribution in [-0.4, -0.2) is 92.4 Å². The van der Waals surface area contributed by atoms with Gasteiger partial charge in [-0.05, 0) is 116 Å². The molecule has 0 aliphatic carbocycles. The van der Waals surface area contributed by atoms with Gasteiger partial charge in [-0.1, -0.05) is 205 Å². The van der Waals surface area contributed by atoms with Crippen LogP contribution in [0.3, 0.4) is 0 Å². The molecular weight excluding hydrogens is 925 g/mol. The number of hydrogen-bond donors (Lipinski definition) is 0. The van der Waals surface area contributed by atoms with Gasteiger partial charge in [-0.25, -0.2) is 4.79 Å². The van der Waals surface area contributed by atoms with E-state index in [1.54, 1.807) is 4.90 Å². The van der Waals surface area contributed by atoms with Crippen LogP contribution in [0.15, 0.2) is 48.6 Å². The standard InChI is InChI=1S/C64H116N2O8/c1-6-11-14-17-20-23-26-28-30-32-34-37-40-43-46-50-62(68)71-58-55-66(56-59-72-63(69)51-47-44-41-38-35-33-31-29-27-24-21-18-15-12-7-2)61(67)53-52-60(49-45-42-39-36-25-22-19-16-13-8-3)74-64(70)73-57-48-54-65(9-4)10-5/h20-21,23-24,28-31,60H,6-19,22,25-27,32-59H2,1-5H3. The molecule has 0 aromatic heterocycles. The first-order valence-corrected chi connectivity index (χ1v) is 31.1. The molecule has 0 aliphatic rings. The largest absolute Gasteiger partial charge is 0.508 e. The Kier molecular flexibility index (Phi) is 54.7. The Balaban J connectivity index is 5.15. The lowest BCUT2D eigenvalue weighted by molar-refractivity contribution is -0.148. The summed E-state index contributed by atoms with van der Waals surface area (Å²) >= 11 is 0. The van der Waals surface area contributed by atoms with Gasteiger partial charge < -0.3 is 28.7 Å². The fourth-order valence-corrected chi connectivity index (χ4v) is 8.92. The highest BCUT2D eigenvalue weighted by molar-refractivity contribution is 5.76. The molecule has 1 atom stereocenters. The predicted octanol–water partition coefficient (Wildman–Crippen LogP) is 17.9. The highest BCUT2D eigenvalue weighted by Gasteiger charge is 2.21. The SMILES string of the molecule is CCCCCC=CCC=CCCCCCCCC(=O)OCCN(CCOC(=O)CCCCCCCC=CCC=CCCCCC)C(=O)CCC(CCCCCCCCCCCC)OC(=O)OCCCN(CC)CC. The average molecular weight is 1040 g/mol. The number of carbonyl (C=O) groups excluding carboxylic acids is 4. The van der Waals surface area contributed by atoms with Crippen molar-refractivity contribution in [1.29, 1.82) is 0 Å². The molecular formula is C64H116N2O8. The molecule has 430 valence electrons. The van der Waals surface area contributed by atoms with Crippen LogP contribution in [0.5, 0.6) is 0 Å². The summed E-state index contributed by atoms with van der Waals surface area (Å²) in [6, 6.07) is 0. The maximum Gasteiger partial charge on any atom is 0.508 e. The zero-order valence-electron chi connectivity index (χ0n) is 48.9. The second-order valence-electron chi connectivity index (χ2n) is 20.5. The van der Waals surface area contributed by atoms with Gasteiger partial charge in [-0.15, -0.1) is 0 Å². The van der Waals surface area contributed by atoms with Gasteiger partial charge >= 0.3 is 18.1 Å². The van der Waals surface area contributed by atoms with Gasteiger partial charge in [0.25, 0.3) is 0 Å². The van der Waals surface area contributed by atoms with Crippen LogP contribution in [0.4, 0.5) is 4.79 Å². The second kappa shape index (κ2) is 57.3. The minimum absolute atomic E-state index is 0.0725. The monoisotopic (exact) mass is 1040 g/mol. The summed E-state index contributed by atoms with van der Waals surface area (Å²) in [6.07, 6.45) is 56.3. The van der Waals surface area contributed by atoms with Crippen molar-refractivity contribution >= 4 is 24.0 Å². The van der Waals surface area contributed by atoms with Gasteiger partial charge in [0.2, 0.25) is 5.91 Å². The molecule has 0 bridgehead atoms. The molecule has 0 N–H and O–H groups in total. The van der Waals surface area contributed by atoms with Crippen LogP contribution < -0.4 is 0 Å². The van der Waals surface area contributed by atoms with E-state index in [0.29, 0.717) is 25.7 Å². The van der Waals surface area contributed by atoms with E-state index in [0.717, 1.165) is 135 Å².